The van der Waals surface area contributed by atoms with E-state index in [4.69, 9.17) is 0 Å². The fraction of sp³-hybridized carbons (Fsp3) is 0. The summed E-state index contributed by atoms with van der Waals surface area (Å²) in [5.74, 6) is 0. The van der Waals surface area contributed by atoms with Gasteiger partial charge in [0.25, 0.3) is 0 Å². The maximum absolute atomic E-state index is 3.65. The van der Waals surface area contributed by atoms with Gasteiger partial charge in [-0.2, -0.15) is 0 Å². The molecule has 3 aromatic carbocycles. The monoisotopic (exact) mass is 312 g/mol. The second-order valence-corrected chi connectivity index (χ2v) is 6.28. The van der Waals surface area contributed by atoms with Crippen LogP contribution in [0.2, 0.25) is 0 Å². The number of hydrogen-bond donors (Lipinski definition) is 0. The first-order chi connectivity index (χ1) is 8.84. The summed E-state index contributed by atoms with van der Waals surface area (Å²) in [6, 6.07) is 19.5. The molecule has 0 atom stereocenters. The highest BCUT2D eigenvalue weighted by molar-refractivity contribution is 9.10. The summed E-state index contributed by atoms with van der Waals surface area (Å²) < 4.78 is 3.88. The van der Waals surface area contributed by atoms with Gasteiger partial charge in [-0.3, -0.25) is 0 Å². The smallest absolute Gasteiger partial charge is 0.0497 e. The van der Waals surface area contributed by atoms with Crippen molar-refractivity contribution in [2.75, 3.05) is 0 Å². The molecule has 0 aliphatic carbocycles. The Hall–Kier alpha value is -1.38. The molecule has 0 aliphatic heterocycles. The van der Waals surface area contributed by atoms with Crippen molar-refractivity contribution in [3.05, 3.63) is 59.1 Å². The van der Waals surface area contributed by atoms with Crippen LogP contribution in [0.3, 0.4) is 0 Å². The van der Waals surface area contributed by atoms with Crippen LogP contribution in [0.5, 0.6) is 0 Å². The summed E-state index contributed by atoms with van der Waals surface area (Å²) >= 11 is 5.51. The first-order valence-corrected chi connectivity index (χ1v) is 7.44. The second kappa shape index (κ2) is 3.81. The van der Waals surface area contributed by atoms with Crippen LogP contribution in [-0.2, 0) is 0 Å². The van der Waals surface area contributed by atoms with E-state index in [1.807, 2.05) is 11.3 Å². The summed E-state index contributed by atoms with van der Waals surface area (Å²) in [7, 11) is 0. The van der Waals surface area contributed by atoms with Gasteiger partial charge in [0.05, 0.1) is 0 Å². The lowest BCUT2D eigenvalue weighted by atomic mass is 10.0. The van der Waals surface area contributed by atoms with Gasteiger partial charge in [0.15, 0.2) is 0 Å². The fourth-order valence-corrected chi connectivity index (χ4v) is 4.27. The Morgan fingerprint density at radius 3 is 2.56 bits per heavy atom. The number of hydrogen-bond acceptors (Lipinski definition) is 1. The maximum Gasteiger partial charge on any atom is 0.0497 e. The number of halogens is 1. The topological polar surface area (TPSA) is 0 Å². The molecule has 0 nitrogen and oxygen atoms in total. The first-order valence-electron chi connectivity index (χ1n) is 5.83. The van der Waals surface area contributed by atoms with Gasteiger partial charge < -0.3 is 0 Å². The molecular weight excluding hydrogens is 304 g/mol. The van der Waals surface area contributed by atoms with E-state index in [1.165, 1.54) is 35.4 Å². The molecule has 0 spiro atoms. The van der Waals surface area contributed by atoms with Gasteiger partial charge >= 0.3 is 0 Å². The van der Waals surface area contributed by atoms with Crippen LogP contribution in [0.1, 0.15) is 0 Å². The molecule has 0 fully saturated rings. The largest absolute Gasteiger partial charge is 0.134 e. The molecule has 0 aliphatic rings. The van der Waals surface area contributed by atoms with Crippen molar-refractivity contribution >= 4 is 58.2 Å². The standard InChI is InChI=1S/C16H9BrS/c17-13-7-3-6-12-15-11-5-2-1-4-10(11)8-9-14(15)18-16(12)13/h1-9H. The van der Waals surface area contributed by atoms with Crippen LogP contribution < -0.4 is 0 Å². The molecule has 0 saturated heterocycles. The zero-order valence-electron chi connectivity index (χ0n) is 9.48. The van der Waals surface area contributed by atoms with Crippen molar-refractivity contribution in [2.24, 2.45) is 0 Å². The minimum absolute atomic E-state index is 1.19. The Morgan fingerprint density at radius 2 is 1.61 bits per heavy atom. The molecule has 0 radical (unpaired) electrons. The van der Waals surface area contributed by atoms with E-state index in [2.05, 4.69) is 70.5 Å². The van der Waals surface area contributed by atoms with E-state index in [0.29, 0.717) is 0 Å². The normalized spacial score (nSPS) is 11.6. The fourth-order valence-electron chi connectivity index (χ4n) is 2.53. The first kappa shape index (κ1) is 10.5. The van der Waals surface area contributed by atoms with Gasteiger partial charge in [-0.15, -0.1) is 11.3 Å². The van der Waals surface area contributed by atoms with Crippen LogP contribution in [0.25, 0.3) is 30.9 Å². The SMILES string of the molecule is Brc1cccc2c1sc1ccc3ccccc3c12. The maximum atomic E-state index is 3.65. The molecular formula is C16H9BrS. The van der Waals surface area contributed by atoms with E-state index < -0.39 is 0 Å². The molecule has 86 valence electrons. The van der Waals surface area contributed by atoms with Crippen LogP contribution in [0.4, 0.5) is 0 Å². The molecule has 0 N–H and O–H groups in total. The van der Waals surface area contributed by atoms with Crippen LogP contribution in [0, 0.1) is 0 Å². The Balaban J connectivity index is 2.37. The van der Waals surface area contributed by atoms with Gasteiger partial charge in [0, 0.05) is 24.6 Å². The zero-order chi connectivity index (χ0) is 12.1. The molecule has 1 heterocycles. The van der Waals surface area contributed by atoms with Crippen molar-refractivity contribution in [3.63, 3.8) is 0 Å². The minimum atomic E-state index is 1.19. The molecule has 4 aromatic rings. The van der Waals surface area contributed by atoms with Crippen molar-refractivity contribution in [1.29, 1.82) is 0 Å². The quantitative estimate of drug-likeness (QED) is 0.375. The zero-order valence-corrected chi connectivity index (χ0v) is 11.9. The summed E-state index contributed by atoms with van der Waals surface area (Å²) in [5.41, 5.74) is 0. The number of fused-ring (bicyclic) bond motifs is 5. The predicted octanol–water partition coefficient (Wildman–Crippen LogP) is 5.97. The van der Waals surface area contributed by atoms with Gasteiger partial charge in [0.1, 0.15) is 0 Å². The van der Waals surface area contributed by atoms with Crippen LogP contribution in [0.15, 0.2) is 59.1 Å². The highest BCUT2D eigenvalue weighted by Gasteiger charge is 2.09. The Labute approximate surface area is 117 Å². The van der Waals surface area contributed by atoms with Gasteiger partial charge in [-0.05, 0) is 38.8 Å². The van der Waals surface area contributed by atoms with E-state index in [9.17, 15) is 0 Å². The molecule has 0 saturated carbocycles. The van der Waals surface area contributed by atoms with E-state index in [-0.39, 0.29) is 0 Å². The lowest BCUT2D eigenvalue weighted by Crippen LogP contribution is -1.73. The average Bonchev–Trinajstić information content (AvgIpc) is 2.79. The predicted molar refractivity (Wildman–Crippen MR) is 84.5 cm³/mol. The third kappa shape index (κ3) is 1.36. The summed E-state index contributed by atoms with van der Waals surface area (Å²) in [4.78, 5) is 0. The van der Waals surface area contributed by atoms with Crippen molar-refractivity contribution < 1.29 is 0 Å². The Kier molecular flexibility index (Phi) is 2.23. The van der Waals surface area contributed by atoms with Gasteiger partial charge in [0.2, 0.25) is 0 Å². The molecule has 0 unspecified atom stereocenters. The average molecular weight is 313 g/mol. The molecule has 18 heavy (non-hydrogen) atoms. The molecule has 2 heteroatoms. The van der Waals surface area contributed by atoms with E-state index in [0.717, 1.165) is 0 Å². The third-order valence-corrected chi connectivity index (χ3v) is 5.47. The second-order valence-electron chi connectivity index (χ2n) is 4.38. The highest BCUT2D eigenvalue weighted by Crippen LogP contribution is 2.41. The number of rotatable bonds is 0. The number of thiophene rings is 1. The summed E-state index contributed by atoms with van der Waals surface area (Å²) in [6.45, 7) is 0. The van der Waals surface area contributed by atoms with Gasteiger partial charge in [-0.1, -0.05) is 42.5 Å². The lowest BCUT2D eigenvalue weighted by Gasteiger charge is -2.00. The molecule has 0 amide bonds. The Morgan fingerprint density at radius 1 is 0.778 bits per heavy atom. The van der Waals surface area contributed by atoms with E-state index in [1.54, 1.807) is 0 Å². The van der Waals surface area contributed by atoms with E-state index >= 15 is 0 Å². The van der Waals surface area contributed by atoms with Crippen LogP contribution in [-0.4, -0.2) is 0 Å². The Bertz CT molecular complexity index is 889. The van der Waals surface area contributed by atoms with Crippen molar-refractivity contribution in [3.8, 4) is 0 Å². The number of benzene rings is 3. The molecule has 0 bridgehead atoms. The van der Waals surface area contributed by atoms with Crippen molar-refractivity contribution in [1.82, 2.24) is 0 Å². The van der Waals surface area contributed by atoms with Crippen LogP contribution >= 0.6 is 27.3 Å². The van der Waals surface area contributed by atoms with Crippen molar-refractivity contribution in [2.45, 2.75) is 0 Å². The third-order valence-electron chi connectivity index (χ3n) is 3.34. The molecule has 4 rings (SSSR count). The molecule has 1 aromatic heterocycles. The lowest BCUT2D eigenvalue weighted by molar-refractivity contribution is 1.80. The minimum Gasteiger partial charge on any atom is -0.134 e. The summed E-state index contributed by atoms with van der Waals surface area (Å²) in [6.07, 6.45) is 0. The highest BCUT2D eigenvalue weighted by atomic mass is 79.9. The summed E-state index contributed by atoms with van der Waals surface area (Å²) in [5, 5.41) is 5.39. The van der Waals surface area contributed by atoms with Gasteiger partial charge in [-0.25, -0.2) is 0 Å².